The predicted octanol–water partition coefficient (Wildman–Crippen LogP) is 1.95. The van der Waals surface area contributed by atoms with E-state index in [1.165, 1.54) is 12.8 Å². The van der Waals surface area contributed by atoms with E-state index in [9.17, 15) is 9.59 Å². The molecular weight excluding hydrogens is 246 g/mol. The van der Waals surface area contributed by atoms with Crippen molar-refractivity contribution >= 4 is 11.9 Å². The molecule has 0 aromatic carbocycles. The maximum Gasteiger partial charge on any atom is 0.303 e. The van der Waals surface area contributed by atoms with Gasteiger partial charge in [0.15, 0.2) is 0 Å². The van der Waals surface area contributed by atoms with Gasteiger partial charge in [0.1, 0.15) is 6.10 Å². The maximum absolute atomic E-state index is 12.0. The fraction of sp³-hybridized carbons (Fsp3) is 0.857. The molecule has 1 rings (SSSR count). The third kappa shape index (κ3) is 6.05. The summed E-state index contributed by atoms with van der Waals surface area (Å²) in [6.45, 7) is 4.13. The summed E-state index contributed by atoms with van der Waals surface area (Å²) >= 11 is 0. The molecule has 0 heterocycles. The molecule has 1 aliphatic carbocycles. The highest BCUT2D eigenvalue weighted by atomic mass is 16.5. The fourth-order valence-electron chi connectivity index (χ4n) is 2.36. The molecule has 110 valence electrons. The second-order valence-corrected chi connectivity index (χ2v) is 5.39. The van der Waals surface area contributed by atoms with Crippen molar-refractivity contribution in [2.24, 2.45) is 5.92 Å². The van der Waals surface area contributed by atoms with Crippen LogP contribution in [0.1, 0.15) is 52.4 Å². The van der Waals surface area contributed by atoms with Gasteiger partial charge in [-0.2, -0.15) is 0 Å². The molecule has 0 aliphatic heterocycles. The van der Waals surface area contributed by atoms with Gasteiger partial charge >= 0.3 is 5.97 Å². The van der Waals surface area contributed by atoms with Crippen LogP contribution in [0.25, 0.3) is 0 Å². The van der Waals surface area contributed by atoms with Crippen molar-refractivity contribution in [3.63, 3.8) is 0 Å². The molecule has 0 spiro atoms. The zero-order valence-electron chi connectivity index (χ0n) is 11.9. The molecule has 0 aromatic heterocycles. The minimum Gasteiger partial charge on any atom is -0.481 e. The molecular formula is C14H25NO4. The van der Waals surface area contributed by atoms with E-state index < -0.39 is 12.1 Å². The van der Waals surface area contributed by atoms with Crippen LogP contribution in [0, 0.1) is 5.92 Å². The first kappa shape index (κ1) is 16.0. The number of carboxylic acids is 1. The van der Waals surface area contributed by atoms with Gasteiger partial charge < -0.3 is 15.2 Å². The molecule has 2 unspecified atom stereocenters. The van der Waals surface area contributed by atoms with Gasteiger partial charge in [0, 0.05) is 13.0 Å². The summed E-state index contributed by atoms with van der Waals surface area (Å²) in [4.78, 5) is 22.5. The standard InChI is InChI=1S/C14H25NO4/c1-3-12(19-11-6-4-5-7-11)14(18)15-9-10(2)8-13(16)17/h10-12H,3-9H2,1-2H3,(H,15,18)(H,16,17). The lowest BCUT2D eigenvalue weighted by Gasteiger charge is -2.21. The van der Waals surface area contributed by atoms with Crippen LogP contribution in [0.4, 0.5) is 0 Å². The van der Waals surface area contributed by atoms with Crippen molar-refractivity contribution < 1.29 is 19.4 Å². The predicted molar refractivity (Wildman–Crippen MR) is 71.8 cm³/mol. The Morgan fingerprint density at radius 2 is 2.00 bits per heavy atom. The van der Waals surface area contributed by atoms with E-state index in [1.54, 1.807) is 0 Å². The minimum absolute atomic E-state index is 0.0644. The smallest absolute Gasteiger partial charge is 0.303 e. The van der Waals surface area contributed by atoms with Gasteiger partial charge in [0.2, 0.25) is 5.91 Å². The van der Waals surface area contributed by atoms with Crippen molar-refractivity contribution in [1.82, 2.24) is 5.32 Å². The van der Waals surface area contributed by atoms with Crippen LogP contribution in [0.5, 0.6) is 0 Å². The number of nitrogens with one attached hydrogen (secondary N) is 1. The van der Waals surface area contributed by atoms with Gasteiger partial charge in [-0.15, -0.1) is 0 Å². The Labute approximate surface area is 114 Å². The summed E-state index contributed by atoms with van der Waals surface area (Å²) in [5, 5.41) is 11.4. The van der Waals surface area contributed by atoms with E-state index >= 15 is 0 Å². The van der Waals surface area contributed by atoms with Crippen LogP contribution in [0.3, 0.4) is 0 Å². The molecule has 0 aromatic rings. The molecule has 19 heavy (non-hydrogen) atoms. The molecule has 2 atom stereocenters. The molecule has 1 fully saturated rings. The first-order chi connectivity index (χ1) is 9.02. The Balaban J connectivity index is 2.30. The lowest BCUT2D eigenvalue weighted by Crippen LogP contribution is -2.40. The molecule has 1 amide bonds. The summed E-state index contributed by atoms with van der Waals surface area (Å²) in [6, 6.07) is 0. The molecule has 1 saturated carbocycles. The van der Waals surface area contributed by atoms with Gasteiger partial charge in [-0.3, -0.25) is 9.59 Å². The number of rotatable bonds is 8. The number of carbonyl (C=O) groups is 2. The number of hydrogen-bond acceptors (Lipinski definition) is 3. The second kappa shape index (κ2) is 8.15. The fourth-order valence-corrected chi connectivity index (χ4v) is 2.36. The Morgan fingerprint density at radius 3 is 2.53 bits per heavy atom. The van der Waals surface area contributed by atoms with Gasteiger partial charge in [-0.05, 0) is 25.2 Å². The highest BCUT2D eigenvalue weighted by Gasteiger charge is 2.24. The maximum atomic E-state index is 12.0. The van der Waals surface area contributed by atoms with E-state index in [-0.39, 0.29) is 24.3 Å². The van der Waals surface area contributed by atoms with Gasteiger partial charge in [0.25, 0.3) is 0 Å². The molecule has 2 N–H and O–H groups in total. The summed E-state index contributed by atoms with van der Waals surface area (Å²) in [5.41, 5.74) is 0. The zero-order chi connectivity index (χ0) is 14.3. The van der Waals surface area contributed by atoms with E-state index in [0.29, 0.717) is 13.0 Å². The minimum atomic E-state index is -0.837. The number of carbonyl (C=O) groups excluding carboxylic acids is 1. The van der Waals surface area contributed by atoms with Crippen LogP contribution in [0.15, 0.2) is 0 Å². The van der Waals surface area contributed by atoms with Crippen LogP contribution >= 0.6 is 0 Å². The Hall–Kier alpha value is -1.10. The number of carboxylic acid groups (broad SMARTS) is 1. The molecule has 5 heteroatoms. The van der Waals surface area contributed by atoms with Gasteiger partial charge in [0.05, 0.1) is 6.10 Å². The number of aliphatic carboxylic acids is 1. The topological polar surface area (TPSA) is 75.6 Å². The first-order valence-electron chi connectivity index (χ1n) is 7.17. The molecule has 1 aliphatic rings. The lowest BCUT2D eigenvalue weighted by atomic mass is 10.1. The highest BCUT2D eigenvalue weighted by molar-refractivity contribution is 5.80. The number of ether oxygens (including phenoxy) is 1. The average molecular weight is 271 g/mol. The van der Waals surface area contributed by atoms with Crippen LogP contribution in [-0.4, -0.2) is 35.7 Å². The Kier molecular flexibility index (Phi) is 6.84. The third-order valence-electron chi connectivity index (χ3n) is 3.47. The van der Waals surface area contributed by atoms with Crippen molar-refractivity contribution in [3.8, 4) is 0 Å². The van der Waals surface area contributed by atoms with Crippen LogP contribution < -0.4 is 5.32 Å². The van der Waals surface area contributed by atoms with Crippen LogP contribution in [0.2, 0.25) is 0 Å². The normalized spacial score (nSPS) is 19.1. The van der Waals surface area contributed by atoms with E-state index in [2.05, 4.69) is 5.32 Å². The third-order valence-corrected chi connectivity index (χ3v) is 3.47. The monoisotopic (exact) mass is 271 g/mol. The van der Waals surface area contributed by atoms with Gasteiger partial charge in [-0.25, -0.2) is 0 Å². The van der Waals surface area contributed by atoms with E-state index in [0.717, 1.165) is 12.8 Å². The highest BCUT2D eigenvalue weighted by Crippen LogP contribution is 2.22. The number of amides is 1. The summed E-state index contributed by atoms with van der Waals surface area (Å²) < 4.78 is 5.81. The Bertz CT molecular complexity index is 300. The summed E-state index contributed by atoms with van der Waals surface area (Å²) in [5.74, 6) is -1.02. The quantitative estimate of drug-likeness (QED) is 0.707. The van der Waals surface area contributed by atoms with Crippen molar-refractivity contribution in [2.45, 2.75) is 64.6 Å². The molecule has 0 bridgehead atoms. The zero-order valence-corrected chi connectivity index (χ0v) is 11.9. The summed E-state index contributed by atoms with van der Waals surface area (Å²) in [7, 11) is 0. The SMILES string of the molecule is CCC(OC1CCCC1)C(=O)NCC(C)CC(=O)O. The van der Waals surface area contributed by atoms with Gasteiger partial charge in [-0.1, -0.05) is 26.7 Å². The largest absolute Gasteiger partial charge is 0.481 e. The van der Waals surface area contributed by atoms with Crippen LogP contribution in [-0.2, 0) is 14.3 Å². The van der Waals surface area contributed by atoms with Crippen molar-refractivity contribution in [3.05, 3.63) is 0 Å². The van der Waals surface area contributed by atoms with E-state index in [1.807, 2.05) is 13.8 Å². The first-order valence-corrected chi connectivity index (χ1v) is 7.17. The number of hydrogen-bond donors (Lipinski definition) is 2. The average Bonchev–Trinajstić information content (AvgIpc) is 2.85. The molecule has 0 saturated heterocycles. The van der Waals surface area contributed by atoms with Crippen molar-refractivity contribution in [1.29, 1.82) is 0 Å². The second-order valence-electron chi connectivity index (χ2n) is 5.39. The molecule has 5 nitrogen and oxygen atoms in total. The lowest BCUT2D eigenvalue weighted by molar-refractivity contribution is -0.139. The van der Waals surface area contributed by atoms with Crippen molar-refractivity contribution in [2.75, 3.05) is 6.54 Å². The summed E-state index contributed by atoms with van der Waals surface area (Å²) in [6.07, 6.45) is 4.97. The van der Waals surface area contributed by atoms with E-state index in [4.69, 9.17) is 9.84 Å². The molecule has 0 radical (unpaired) electrons. The Morgan fingerprint density at radius 1 is 1.37 bits per heavy atom.